The molecule has 94 valence electrons. The SMILES string of the molecule is CN(Cc1cccc(Cl)c1)C(=O)n1cc[n+](C)c1. The van der Waals surface area contributed by atoms with Gasteiger partial charge >= 0.3 is 6.03 Å². The Bertz CT molecular complexity index is 565. The first-order valence-electron chi connectivity index (χ1n) is 5.59. The standard InChI is InChI=1S/C13H15ClN3O/c1-15-6-7-17(10-15)13(18)16(2)9-11-4-3-5-12(14)8-11/h3-8,10H,9H2,1-2H3/q+1. The van der Waals surface area contributed by atoms with E-state index in [-0.39, 0.29) is 6.03 Å². The summed E-state index contributed by atoms with van der Waals surface area (Å²) in [5.41, 5.74) is 1.01. The summed E-state index contributed by atoms with van der Waals surface area (Å²) >= 11 is 5.92. The van der Waals surface area contributed by atoms with E-state index in [1.165, 1.54) is 0 Å². The predicted octanol–water partition coefficient (Wildman–Crippen LogP) is 2.07. The number of aryl methyl sites for hydroxylation is 1. The average molecular weight is 265 g/mol. The molecule has 0 N–H and O–H groups in total. The van der Waals surface area contributed by atoms with Gasteiger partial charge in [-0.25, -0.2) is 9.36 Å². The van der Waals surface area contributed by atoms with Crippen LogP contribution in [0.4, 0.5) is 4.79 Å². The lowest BCUT2D eigenvalue weighted by Crippen LogP contribution is -2.32. The van der Waals surface area contributed by atoms with Crippen molar-refractivity contribution in [1.82, 2.24) is 9.47 Å². The summed E-state index contributed by atoms with van der Waals surface area (Å²) in [6.07, 6.45) is 5.29. The molecule has 0 atom stereocenters. The van der Waals surface area contributed by atoms with E-state index in [9.17, 15) is 4.79 Å². The Morgan fingerprint density at radius 3 is 2.89 bits per heavy atom. The zero-order valence-corrected chi connectivity index (χ0v) is 11.1. The Hall–Kier alpha value is -1.81. The zero-order valence-electron chi connectivity index (χ0n) is 10.4. The number of imidazole rings is 1. The van der Waals surface area contributed by atoms with Crippen LogP contribution < -0.4 is 4.57 Å². The molecule has 18 heavy (non-hydrogen) atoms. The summed E-state index contributed by atoms with van der Waals surface area (Å²) in [5, 5.41) is 0.681. The second kappa shape index (κ2) is 5.23. The van der Waals surface area contributed by atoms with Gasteiger partial charge in [0.2, 0.25) is 0 Å². The van der Waals surface area contributed by atoms with E-state index in [0.29, 0.717) is 11.6 Å². The largest absolute Gasteiger partial charge is 0.415 e. The minimum Gasteiger partial charge on any atom is -0.303 e. The number of nitrogens with zero attached hydrogens (tertiary/aromatic N) is 3. The molecule has 4 nitrogen and oxygen atoms in total. The monoisotopic (exact) mass is 264 g/mol. The van der Waals surface area contributed by atoms with Crippen LogP contribution in [-0.4, -0.2) is 22.5 Å². The fraction of sp³-hybridized carbons (Fsp3) is 0.231. The fourth-order valence-electron chi connectivity index (χ4n) is 1.74. The second-order valence-corrected chi connectivity index (χ2v) is 4.69. The van der Waals surface area contributed by atoms with Crippen LogP contribution in [0.5, 0.6) is 0 Å². The minimum atomic E-state index is -0.0735. The number of benzene rings is 1. The molecule has 0 saturated carbocycles. The van der Waals surface area contributed by atoms with Crippen LogP contribution in [0.1, 0.15) is 5.56 Å². The van der Waals surface area contributed by atoms with Crippen molar-refractivity contribution < 1.29 is 9.36 Å². The molecule has 2 rings (SSSR count). The zero-order chi connectivity index (χ0) is 13.1. The van der Waals surface area contributed by atoms with Crippen LogP contribution in [0.25, 0.3) is 0 Å². The van der Waals surface area contributed by atoms with Crippen molar-refractivity contribution in [3.8, 4) is 0 Å². The van der Waals surface area contributed by atoms with Gasteiger partial charge in [0.05, 0.1) is 7.05 Å². The summed E-state index contributed by atoms with van der Waals surface area (Å²) in [7, 11) is 3.64. The summed E-state index contributed by atoms with van der Waals surface area (Å²) in [6, 6.07) is 7.44. The summed E-state index contributed by atoms with van der Waals surface area (Å²) in [5.74, 6) is 0. The maximum atomic E-state index is 12.1. The molecular formula is C13H15ClN3O+. The van der Waals surface area contributed by atoms with E-state index >= 15 is 0 Å². The number of carbonyl (C=O) groups excluding carboxylic acids is 1. The molecule has 1 heterocycles. The van der Waals surface area contributed by atoms with Gasteiger partial charge in [0, 0.05) is 18.6 Å². The Morgan fingerprint density at radius 2 is 2.28 bits per heavy atom. The van der Waals surface area contributed by atoms with Gasteiger partial charge in [0.15, 0.2) is 0 Å². The first-order valence-corrected chi connectivity index (χ1v) is 5.97. The Balaban J connectivity index is 2.08. The van der Waals surface area contributed by atoms with Crippen molar-refractivity contribution >= 4 is 17.6 Å². The summed E-state index contributed by atoms with van der Waals surface area (Å²) in [4.78, 5) is 13.7. The molecule has 0 aliphatic carbocycles. The van der Waals surface area contributed by atoms with Crippen molar-refractivity contribution in [2.24, 2.45) is 7.05 Å². The van der Waals surface area contributed by atoms with Gasteiger partial charge in [0.25, 0.3) is 6.33 Å². The van der Waals surface area contributed by atoms with Crippen LogP contribution >= 0.6 is 11.6 Å². The lowest BCUT2D eigenvalue weighted by Gasteiger charge is -2.14. The maximum absolute atomic E-state index is 12.1. The lowest BCUT2D eigenvalue weighted by molar-refractivity contribution is -0.670. The number of amides is 1. The smallest absolute Gasteiger partial charge is 0.303 e. The molecule has 0 saturated heterocycles. The predicted molar refractivity (Wildman–Crippen MR) is 69.3 cm³/mol. The van der Waals surface area contributed by atoms with E-state index in [1.54, 1.807) is 29.0 Å². The summed E-state index contributed by atoms with van der Waals surface area (Å²) in [6.45, 7) is 0.529. The highest BCUT2D eigenvalue weighted by molar-refractivity contribution is 6.30. The number of aromatic nitrogens is 2. The topological polar surface area (TPSA) is 29.1 Å². The van der Waals surface area contributed by atoms with Crippen LogP contribution in [0.3, 0.4) is 0 Å². The van der Waals surface area contributed by atoms with Gasteiger partial charge in [-0.3, -0.25) is 0 Å². The molecular weight excluding hydrogens is 250 g/mol. The van der Waals surface area contributed by atoms with Crippen molar-refractivity contribution in [1.29, 1.82) is 0 Å². The van der Waals surface area contributed by atoms with E-state index in [0.717, 1.165) is 5.56 Å². The first-order chi connectivity index (χ1) is 8.56. The van der Waals surface area contributed by atoms with E-state index < -0.39 is 0 Å². The number of hydrogen-bond donors (Lipinski definition) is 0. The van der Waals surface area contributed by atoms with E-state index in [1.807, 2.05) is 42.1 Å². The third-order valence-electron chi connectivity index (χ3n) is 2.63. The number of halogens is 1. The Labute approximate surface area is 111 Å². The third-order valence-corrected chi connectivity index (χ3v) is 2.86. The molecule has 1 aromatic carbocycles. The molecule has 1 amide bonds. The number of rotatable bonds is 2. The van der Waals surface area contributed by atoms with Crippen LogP contribution in [0.15, 0.2) is 43.0 Å². The average Bonchev–Trinajstić information content (AvgIpc) is 2.75. The molecule has 0 radical (unpaired) electrons. The van der Waals surface area contributed by atoms with Crippen molar-refractivity contribution in [2.45, 2.75) is 6.54 Å². The third kappa shape index (κ3) is 2.90. The molecule has 0 aliphatic rings. The fourth-order valence-corrected chi connectivity index (χ4v) is 1.95. The Kier molecular flexibility index (Phi) is 3.67. The lowest BCUT2D eigenvalue weighted by atomic mass is 10.2. The molecule has 0 aliphatic heterocycles. The normalized spacial score (nSPS) is 10.4. The quantitative estimate of drug-likeness (QED) is 0.764. The molecule has 2 aromatic rings. The van der Waals surface area contributed by atoms with Crippen molar-refractivity contribution in [3.05, 3.63) is 53.6 Å². The molecule has 1 aromatic heterocycles. The van der Waals surface area contributed by atoms with Gasteiger partial charge in [-0.2, -0.15) is 4.57 Å². The molecule has 0 unspecified atom stereocenters. The molecule has 0 bridgehead atoms. The first kappa shape index (κ1) is 12.6. The highest BCUT2D eigenvalue weighted by atomic mass is 35.5. The number of hydrogen-bond acceptors (Lipinski definition) is 1. The number of carbonyl (C=O) groups is 1. The van der Waals surface area contributed by atoms with E-state index in [4.69, 9.17) is 11.6 Å². The highest BCUT2D eigenvalue weighted by Crippen LogP contribution is 2.12. The second-order valence-electron chi connectivity index (χ2n) is 4.25. The molecule has 0 fully saturated rings. The van der Waals surface area contributed by atoms with Crippen LogP contribution in [-0.2, 0) is 13.6 Å². The summed E-state index contributed by atoms with van der Waals surface area (Å²) < 4.78 is 3.37. The molecule has 5 heteroatoms. The van der Waals surface area contributed by atoms with Crippen molar-refractivity contribution in [3.63, 3.8) is 0 Å². The Morgan fingerprint density at radius 1 is 1.50 bits per heavy atom. The van der Waals surface area contributed by atoms with E-state index in [2.05, 4.69) is 0 Å². The highest BCUT2D eigenvalue weighted by Gasteiger charge is 2.17. The minimum absolute atomic E-state index is 0.0735. The van der Waals surface area contributed by atoms with Crippen molar-refractivity contribution in [2.75, 3.05) is 7.05 Å². The maximum Gasteiger partial charge on any atom is 0.415 e. The van der Waals surface area contributed by atoms with Gasteiger partial charge in [-0.05, 0) is 17.7 Å². The van der Waals surface area contributed by atoms with Gasteiger partial charge in [-0.15, -0.1) is 0 Å². The van der Waals surface area contributed by atoms with Gasteiger partial charge in [-0.1, -0.05) is 23.7 Å². The molecule has 0 spiro atoms. The van der Waals surface area contributed by atoms with Gasteiger partial charge in [0.1, 0.15) is 12.4 Å². The van der Waals surface area contributed by atoms with Crippen LogP contribution in [0.2, 0.25) is 5.02 Å². The van der Waals surface area contributed by atoms with Gasteiger partial charge < -0.3 is 4.90 Å². The van der Waals surface area contributed by atoms with Crippen LogP contribution in [0, 0.1) is 0 Å².